The second-order valence-corrected chi connectivity index (χ2v) is 8.23. The molecule has 0 saturated heterocycles. The number of halogens is 4. The zero-order valence-electron chi connectivity index (χ0n) is 17.5. The Morgan fingerprint density at radius 1 is 0.939 bits per heavy atom. The van der Waals surface area contributed by atoms with Gasteiger partial charge >= 0.3 is 5.97 Å². The van der Waals surface area contributed by atoms with E-state index in [0.717, 1.165) is 17.7 Å². The molecule has 4 nitrogen and oxygen atoms in total. The summed E-state index contributed by atoms with van der Waals surface area (Å²) in [5.41, 5.74) is 1.23. The zero-order valence-corrected chi connectivity index (χ0v) is 19.0. The third-order valence-corrected chi connectivity index (χ3v) is 5.62. The molecule has 1 amide bonds. The van der Waals surface area contributed by atoms with Crippen molar-refractivity contribution in [1.29, 1.82) is 0 Å². The average Bonchev–Trinajstić information content (AvgIpc) is 2.79. The Morgan fingerprint density at radius 2 is 1.64 bits per heavy atom. The van der Waals surface area contributed by atoms with Gasteiger partial charge in [0.15, 0.2) is 0 Å². The number of para-hydroxylation sites is 1. The van der Waals surface area contributed by atoms with Crippen LogP contribution in [0.25, 0.3) is 0 Å². The lowest BCUT2D eigenvalue weighted by Gasteiger charge is -2.17. The Labute approximate surface area is 200 Å². The lowest BCUT2D eigenvalue weighted by atomic mass is 9.94. The number of carbonyl (C=O) groups is 2. The van der Waals surface area contributed by atoms with Crippen LogP contribution in [0.5, 0.6) is 0 Å². The molecular weight excluding hydrogens is 471 g/mol. The SMILES string of the molecule is O=C(CC[C@@H](Cc1ccc(F)cc1F)C(=O)OCc1ccccc1)Nc1c(Cl)cccc1Cl. The Morgan fingerprint density at radius 3 is 2.30 bits per heavy atom. The molecule has 0 spiro atoms. The van der Waals surface area contributed by atoms with Gasteiger partial charge in [-0.05, 0) is 42.2 Å². The first-order chi connectivity index (χ1) is 15.8. The number of hydrogen-bond donors (Lipinski definition) is 1. The van der Waals surface area contributed by atoms with Crippen LogP contribution < -0.4 is 5.32 Å². The van der Waals surface area contributed by atoms with E-state index in [-0.39, 0.29) is 47.2 Å². The molecule has 0 saturated carbocycles. The molecule has 0 bridgehead atoms. The third-order valence-electron chi connectivity index (χ3n) is 4.99. The highest BCUT2D eigenvalue weighted by molar-refractivity contribution is 6.39. The Kier molecular flexibility index (Phi) is 8.80. The third kappa shape index (κ3) is 7.27. The van der Waals surface area contributed by atoms with Crippen molar-refractivity contribution in [3.63, 3.8) is 0 Å². The van der Waals surface area contributed by atoms with E-state index in [1.807, 2.05) is 30.3 Å². The fraction of sp³-hybridized carbons (Fsp3) is 0.200. The van der Waals surface area contributed by atoms with Gasteiger partial charge in [0.05, 0.1) is 21.7 Å². The molecule has 0 aliphatic heterocycles. The molecule has 1 N–H and O–H groups in total. The van der Waals surface area contributed by atoms with Gasteiger partial charge in [-0.1, -0.05) is 65.7 Å². The molecule has 0 fully saturated rings. The summed E-state index contributed by atoms with van der Waals surface area (Å²) >= 11 is 12.2. The van der Waals surface area contributed by atoms with Crippen molar-refractivity contribution >= 4 is 40.8 Å². The second-order valence-electron chi connectivity index (χ2n) is 7.41. The molecule has 0 aliphatic carbocycles. The van der Waals surface area contributed by atoms with Gasteiger partial charge in [-0.25, -0.2) is 8.78 Å². The van der Waals surface area contributed by atoms with E-state index >= 15 is 0 Å². The number of benzene rings is 3. The molecule has 0 radical (unpaired) electrons. The van der Waals surface area contributed by atoms with Crippen LogP contribution in [0.2, 0.25) is 10.0 Å². The Balaban J connectivity index is 1.68. The van der Waals surface area contributed by atoms with Crippen LogP contribution in [0.3, 0.4) is 0 Å². The van der Waals surface area contributed by atoms with Crippen LogP contribution in [-0.2, 0) is 27.4 Å². The van der Waals surface area contributed by atoms with Crippen LogP contribution in [-0.4, -0.2) is 11.9 Å². The van der Waals surface area contributed by atoms with Crippen LogP contribution >= 0.6 is 23.2 Å². The molecule has 3 aromatic rings. The first-order valence-electron chi connectivity index (χ1n) is 10.2. The van der Waals surface area contributed by atoms with Crippen molar-refractivity contribution in [3.05, 3.63) is 99.5 Å². The predicted molar refractivity (Wildman–Crippen MR) is 124 cm³/mol. The number of amides is 1. The minimum absolute atomic E-state index is 0.0418. The molecule has 0 heterocycles. The van der Waals surface area contributed by atoms with E-state index < -0.39 is 29.4 Å². The number of rotatable bonds is 9. The van der Waals surface area contributed by atoms with Gasteiger partial charge in [-0.3, -0.25) is 9.59 Å². The highest BCUT2D eigenvalue weighted by Crippen LogP contribution is 2.30. The molecule has 172 valence electrons. The number of carbonyl (C=O) groups excluding carboxylic acids is 2. The lowest BCUT2D eigenvalue weighted by Crippen LogP contribution is -2.23. The Bertz CT molecular complexity index is 1110. The number of nitrogens with one attached hydrogen (secondary N) is 1. The Hall–Kier alpha value is -2.96. The van der Waals surface area contributed by atoms with Crippen LogP contribution in [0.15, 0.2) is 66.7 Å². The minimum Gasteiger partial charge on any atom is -0.461 e. The first kappa shape index (κ1) is 24.7. The summed E-state index contributed by atoms with van der Waals surface area (Å²) in [4.78, 5) is 25.3. The summed E-state index contributed by atoms with van der Waals surface area (Å²) in [6.45, 7) is 0.0451. The molecule has 0 aromatic heterocycles. The fourth-order valence-electron chi connectivity index (χ4n) is 3.23. The molecule has 0 aliphatic rings. The van der Waals surface area contributed by atoms with Gasteiger partial charge in [0.25, 0.3) is 0 Å². The van der Waals surface area contributed by atoms with Gasteiger partial charge in [-0.2, -0.15) is 0 Å². The van der Waals surface area contributed by atoms with Crippen molar-refractivity contribution in [3.8, 4) is 0 Å². The quantitative estimate of drug-likeness (QED) is 0.343. The standard InChI is InChI=1S/C25H21Cl2F2NO3/c26-20-7-4-8-21(27)24(20)30-23(31)12-10-18(13-17-9-11-19(28)14-22(17)29)25(32)33-15-16-5-2-1-3-6-16/h1-9,11,14,18H,10,12-13,15H2,(H,30,31)/t18-/m0/s1. The van der Waals surface area contributed by atoms with Gasteiger partial charge in [-0.15, -0.1) is 0 Å². The van der Waals surface area contributed by atoms with E-state index in [1.54, 1.807) is 18.2 Å². The van der Waals surface area contributed by atoms with E-state index in [9.17, 15) is 18.4 Å². The summed E-state index contributed by atoms with van der Waals surface area (Å²) in [6, 6.07) is 17.1. The van der Waals surface area contributed by atoms with Crippen molar-refractivity contribution in [2.75, 3.05) is 5.32 Å². The maximum atomic E-state index is 14.2. The maximum Gasteiger partial charge on any atom is 0.309 e. The molecule has 3 rings (SSSR count). The zero-order chi connectivity index (χ0) is 23.8. The molecule has 8 heteroatoms. The lowest BCUT2D eigenvalue weighted by molar-refractivity contribution is -0.150. The highest BCUT2D eigenvalue weighted by atomic mass is 35.5. The summed E-state index contributed by atoms with van der Waals surface area (Å²) in [5, 5.41) is 3.20. The van der Waals surface area contributed by atoms with E-state index in [4.69, 9.17) is 27.9 Å². The summed E-state index contributed by atoms with van der Waals surface area (Å²) < 4.78 is 32.9. The molecule has 0 unspecified atom stereocenters. The highest BCUT2D eigenvalue weighted by Gasteiger charge is 2.24. The van der Waals surface area contributed by atoms with Crippen molar-refractivity contribution in [2.24, 2.45) is 5.92 Å². The van der Waals surface area contributed by atoms with Gasteiger partial charge < -0.3 is 10.1 Å². The minimum atomic E-state index is -0.818. The fourth-order valence-corrected chi connectivity index (χ4v) is 3.72. The van der Waals surface area contributed by atoms with Crippen molar-refractivity contribution in [2.45, 2.75) is 25.9 Å². The summed E-state index contributed by atoms with van der Waals surface area (Å²) in [7, 11) is 0. The number of anilines is 1. The van der Waals surface area contributed by atoms with Crippen LogP contribution in [0.4, 0.5) is 14.5 Å². The predicted octanol–water partition coefficient (Wildman–Crippen LogP) is 6.59. The molecule has 1 atom stereocenters. The second kappa shape index (κ2) is 11.8. The van der Waals surface area contributed by atoms with E-state index in [2.05, 4.69) is 5.32 Å². The average molecular weight is 492 g/mol. The van der Waals surface area contributed by atoms with Gasteiger partial charge in [0.1, 0.15) is 18.2 Å². The normalized spacial score (nSPS) is 11.6. The molecule has 3 aromatic carbocycles. The number of ether oxygens (including phenoxy) is 1. The van der Waals surface area contributed by atoms with E-state index in [0.29, 0.717) is 0 Å². The molecular formula is C25H21Cl2F2NO3. The van der Waals surface area contributed by atoms with E-state index in [1.165, 1.54) is 6.07 Å². The first-order valence-corrected chi connectivity index (χ1v) is 11.0. The van der Waals surface area contributed by atoms with Crippen molar-refractivity contribution < 1.29 is 23.1 Å². The topological polar surface area (TPSA) is 55.4 Å². The monoisotopic (exact) mass is 491 g/mol. The van der Waals surface area contributed by atoms with Crippen LogP contribution in [0, 0.1) is 17.6 Å². The van der Waals surface area contributed by atoms with Crippen molar-refractivity contribution in [1.82, 2.24) is 0 Å². The molecule has 33 heavy (non-hydrogen) atoms. The summed E-state index contributed by atoms with van der Waals surface area (Å²) in [5.74, 6) is -3.28. The summed E-state index contributed by atoms with van der Waals surface area (Å²) in [6.07, 6.45) is -0.0202. The number of esters is 1. The van der Waals surface area contributed by atoms with Gasteiger partial charge in [0.2, 0.25) is 5.91 Å². The smallest absolute Gasteiger partial charge is 0.309 e. The largest absolute Gasteiger partial charge is 0.461 e. The van der Waals surface area contributed by atoms with Gasteiger partial charge in [0, 0.05) is 12.5 Å². The van der Waals surface area contributed by atoms with Crippen LogP contribution in [0.1, 0.15) is 24.0 Å². The maximum absolute atomic E-state index is 14.2. The number of hydrogen-bond acceptors (Lipinski definition) is 3.